The van der Waals surface area contributed by atoms with E-state index in [9.17, 15) is 14.3 Å². The van der Waals surface area contributed by atoms with Crippen molar-refractivity contribution in [2.45, 2.75) is 44.7 Å². The van der Waals surface area contributed by atoms with Crippen LogP contribution in [0.4, 0.5) is 9.18 Å². The van der Waals surface area contributed by atoms with Crippen LogP contribution in [0.25, 0.3) is 11.3 Å². The smallest absolute Gasteiger partial charge is 0.317 e. The number of halogens is 1. The van der Waals surface area contributed by atoms with Gasteiger partial charge in [0, 0.05) is 30.3 Å². The fraction of sp³-hybridized carbons (Fsp3) is 0.474. The highest BCUT2D eigenvalue weighted by atomic mass is 19.1. The van der Waals surface area contributed by atoms with Gasteiger partial charge in [-0.25, -0.2) is 9.18 Å². The van der Waals surface area contributed by atoms with E-state index in [1.807, 2.05) is 0 Å². The van der Waals surface area contributed by atoms with Crippen molar-refractivity contribution in [1.29, 1.82) is 0 Å². The number of carbonyl (C=O) groups is 1. The van der Waals surface area contributed by atoms with Crippen LogP contribution in [-0.4, -0.2) is 45.4 Å². The topological polar surface area (TPSA) is 81.2 Å². The third-order valence-electron chi connectivity index (χ3n) is 4.90. The third kappa shape index (κ3) is 4.40. The zero-order chi connectivity index (χ0) is 18.4. The molecule has 140 valence electrons. The lowest BCUT2D eigenvalue weighted by atomic mass is 9.94. The largest absolute Gasteiger partial charge is 0.395 e. The molecule has 0 unspecified atom stereocenters. The summed E-state index contributed by atoms with van der Waals surface area (Å²) in [5, 5.41) is 19.2. The number of aliphatic hydroxyl groups excluding tert-OH is 1. The second kappa shape index (κ2) is 8.80. The molecule has 1 saturated carbocycles. The zero-order valence-electron chi connectivity index (χ0n) is 14.7. The number of H-pyrrole nitrogens is 1. The molecule has 6 nitrogen and oxygen atoms in total. The van der Waals surface area contributed by atoms with E-state index in [1.54, 1.807) is 23.2 Å². The van der Waals surface area contributed by atoms with Crippen molar-refractivity contribution >= 4 is 6.03 Å². The lowest BCUT2D eigenvalue weighted by Gasteiger charge is -2.34. The molecule has 1 aliphatic carbocycles. The lowest BCUT2D eigenvalue weighted by molar-refractivity contribution is 0.134. The molecular weight excluding hydrogens is 335 g/mol. The maximum Gasteiger partial charge on any atom is 0.317 e. The van der Waals surface area contributed by atoms with Crippen LogP contribution in [-0.2, 0) is 6.54 Å². The average molecular weight is 360 g/mol. The maximum atomic E-state index is 13.1. The Kier molecular flexibility index (Phi) is 6.22. The monoisotopic (exact) mass is 360 g/mol. The van der Waals surface area contributed by atoms with E-state index >= 15 is 0 Å². The molecule has 3 rings (SSSR count). The van der Waals surface area contributed by atoms with Crippen LogP contribution in [0, 0.1) is 5.82 Å². The summed E-state index contributed by atoms with van der Waals surface area (Å²) >= 11 is 0. The SMILES string of the molecule is O=C(NCc1cn[nH]c1-c1ccc(F)cc1)N(CCO)C1CCCCC1. The minimum absolute atomic E-state index is 0.0452. The Hall–Kier alpha value is -2.41. The van der Waals surface area contributed by atoms with Crippen LogP contribution in [0.3, 0.4) is 0 Å². The summed E-state index contributed by atoms with van der Waals surface area (Å²) in [7, 11) is 0. The second-order valence-corrected chi connectivity index (χ2v) is 6.64. The van der Waals surface area contributed by atoms with E-state index in [4.69, 9.17) is 0 Å². The number of benzene rings is 1. The van der Waals surface area contributed by atoms with Gasteiger partial charge in [-0.3, -0.25) is 5.10 Å². The number of aromatic amines is 1. The van der Waals surface area contributed by atoms with Crippen LogP contribution in [0.1, 0.15) is 37.7 Å². The number of aromatic nitrogens is 2. The Labute approximate surface area is 152 Å². The molecule has 1 aliphatic rings. The van der Waals surface area contributed by atoms with Gasteiger partial charge in [-0.2, -0.15) is 5.10 Å². The van der Waals surface area contributed by atoms with Crippen molar-refractivity contribution in [1.82, 2.24) is 20.4 Å². The Bertz CT molecular complexity index is 711. The Balaban J connectivity index is 1.65. The lowest BCUT2D eigenvalue weighted by Crippen LogP contribution is -2.48. The summed E-state index contributed by atoms with van der Waals surface area (Å²) in [6.07, 6.45) is 7.09. The number of nitrogens with one attached hydrogen (secondary N) is 2. The highest BCUT2D eigenvalue weighted by Crippen LogP contribution is 2.23. The highest BCUT2D eigenvalue weighted by molar-refractivity contribution is 5.75. The van der Waals surface area contributed by atoms with Crippen molar-refractivity contribution in [3.8, 4) is 11.3 Å². The van der Waals surface area contributed by atoms with Crippen LogP contribution in [0.2, 0.25) is 0 Å². The number of aliphatic hydroxyl groups is 1. The van der Waals surface area contributed by atoms with Crippen molar-refractivity contribution in [2.24, 2.45) is 0 Å². The molecule has 3 N–H and O–H groups in total. The van der Waals surface area contributed by atoms with Gasteiger partial charge in [0.2, 0.25) is 0 Å². The molecule has 2 aromatic rings. The van der Waals surface area contributed by atoms with Gasteiger partial charge in [0.25, 0.3) is 0 Å². The number of nitrogens with zero attached hydrogens (tertiary/aromatic N) is 2. The number of rotatable bonds is 6. The van der Waals surface area contributed by atoms with Gasteiger partial charge < -0.3 is 15.3 Å². The fourth-order valence-electron chi connectivity index (χ4n) is 3.53. The van der Waals surface area contributed by atoms with Crippen molar-refractivity contribution < 1.29 is 14.3 Å². The Morgan fingerprint density at radius 3 is 2.69 bits per heavy atom. The molecule has 0 radical (unpaired) electrons. The number of urea groups is 1. The molecule has 0 aliphatic heterocycles. The fourth-order valence-corrected chi connectivity index (χ4v) is 3.53. The van der Waals surface area contributed by atoms with E-state index in [0.717, 1.165) is 42.5 Å². The molecule has 1 aromatic heterocycles. The first-order valence-corrected chi connectivity index (χ1v) is 9.12. The first-order chi connectivity index (χ1) is 12.7. The quantitative estimate of drug-likeness (QED) is 0.741. The average Bonchev–Trinajstić information content (AvgIpc) is 3.14. The van der Waals surface area contributed by atoms with E-state index in [1.165, 1.54) is 18.6 Å². The molecule has 1 aromatic carbocycles. The van der Waals surface area contributed by atoms with Crippen molar-refractivity contribution in [2.75, 3.05) is 13.2 Å². The summed E-state index contributed by atoms with van der Waals surface area (Å²) in [6.45, 7) is 0.611. The van der Waals surface area contributed by atoms with Crippen molar-refractivity contribution in [3.05, 3.63) is 41.8 Å². The molecule has 0 saturated heterocycles. The van der Waals surface area contributed by atoms with Gasteiger partial charge in [-0.1, -0.05) is 19.3 Å². The number of hydrogen-bond acceptors (Lipinski definition) is 3. The standard InChI is InChI=1S/C19H25FN4O2/c20-16-8-6-14(7-9-16)18-15(13-22-23-18)12-21-19(26)24(10-11-25)17-4-2-1-3-5-17/h6-9,13,17,25H,1-5,10-12H2,(H,21,26)(H,22,23). The van der Waals surface area contributed by atoms with Crippen LogP contribution in [0.15, 0.2) is 30.5 Å². The normalized spacial score (nSPS) is 15.0. The highest BCUT2D eigenvalue weighted by Gasteiger charge is 2.25. The summed E-state index contributed by atoms with van der Waals surface area (Å²) in [5.74, 6) is -0.296. The minimum atomic E-state index is -0.296. The molecule has 7 heteroatoms. The molecule has 1 heterocycles. The van der Waals surface area contributed by atoms with Gasteiger partial charge in [0.1, 0.15) is 5.82 Å². The predicted octanol–water partition coefficient (Wildman–Crippen LogP) is 3.05. The molecule has 1 fully saturated rings. The zero-order valence-corrected chi connectivity index (χ0v) is 14.7. The molecular formula is C19H25FN4O2. The first-order valence-electron chi connectivity index (χ1n) is 9.12. The summed E-state index contributed by atoms with van der Waals surface area (Å²) < 4.78 is 13.1. The van der Waals surface area contributed by atoms with Crippen molar-refractivity contribution in [3.63, 3.8) is 0 Å². The minimum Gasteiger partial charge on any atom is -0.395 e. The Morgan fingerprint density at radius 2 is 2.00 bits per heavy atom. The summed E-state index contributed by atoms with van der Waals surface area (Å²) in [5.41, 5.74) is 2.40. The van der Waals surface area contributed by atoms with Gasteiger partial charge >= 0.3 is 6.03 Å². The summed E-state index contributed by atoms with van der Waals surface area (Å²) in [4.78, 5) is 14.4. The maximum absolute atomic E-state index is 13.1. The summed E-state index contributed by atoms with van der Waals surface area (Å²) in [6, 6.07) is 6.16. The first kappa shape index (κ1) is 18.4. The van der Waals surface area contributed by atoms with E-state index in [-0.39, 0.29) is 24.5 Å². The molecule has 2 amide bonds. The van der Waals surface area contributed by atoms with E-state index < -0.39 is 0 Å². The molecule has 26 heavy (non-hydrogen) atoms. The van der Waals surface area contributed by atoms with Gasteiger partial charge in [-0.05, 0) is 37.1 Å². The molecule has 0 atom stereocenters. The van der Waals surface area contributed by atoms with Crippen LogP contribution >= 0.6 is 0 Å². The van der Waals surface area contributed by atoms with Crippen LogP contribution in [0.5, 0.6) is 0 Å². The second-order valence-electron chi connectivity index (χ2n) is 6.64. The predicted molar refractivity (Wildman–Crippen MR) is 96.9 cm³/mol. The van der Waals surface area contributed by atoms with E-state index in [2.05, 4.69) is 15.5 Å². The Morgan fingerprint density at radius 1 is 1.27 bits per heavy atom. The molecule has 0 spiro atoms. The third-order valence-corrected chi connectivity index (χ3v) is 4.90. The van der Waals surface area contributed by atoms with Gasteiger partial charge in [0.15, 0.2) is 0 Å². The molecule has 0 bridgehead atoms. The number of amides is 2. The van der Waals surface area contributed by atoms with Gasteiger partial charge in [0.05, 0.1) is 18.5 Å². The van der Waals surface area contributed by atoms with Gasteiger partial charge in [-0.15, -0.1) is 0 Å². The number of carbonyl (C=O) groups excluding carboxylic acids is 1. The van der Waals surface area contributed by atoms with E-state index in [0.29, 0.717) is 13.1 Å². The number of hydrogen-bond donors (Lipinski definition) is 3. The van der Waals surface area contributed by atoms with Crippen LogP contribution < -0.4 is 5.32 Å².